The molecule has 0 aliphatic heterocycles. The lowest BCUT2D eigenvalue weighted by Gasteiger charge is -2.15. The van der Waals surface area contributed by atoms with E-state index < -0.39 is 10.0 Å². The molecule has 2 aromatic rings. The lowest BCUT2D eigenvalue weighted by atomic mass is 10.2. The van der Waals surface area contributed by atoms with Crippen LogP contribution in [0.25, 0.3) is 5.70 Å². The monoisotopic (exact) mass is 358 g/mol. The summed E-state index contributed by atoms with van der Waals surface area (Å²) in [5, 5.41) is 9.90. The number of pyridine rings is 1. The molecule has 9 heteroatoms. The van der Waals surface area contributed by atoms with Crippen molar-refractivity contribution in [3.05, 3.63) is 66.1 Å². The van der Waals surface area contributed by atoms with Crippen LogP contribution < -0.4 is 16.3 Å². The van der Waals surface area contributed by atoms with Crippen LogP contribution in [0.5, 0.6) is 0 Å². The fourth-order valence-corrected chi connectivity index (χ4v) is 2.95. The summed E-state index contributed by atoms with van der Waals surface area (Å²) in [4.78, 5) is 3.99. The molecule has 0 saturated heterocycles. The van der Waals surface area contributed by atoms with Crippen LogP contribution in [-0.4, -0.2) is 25.0 Å². The quantitative estimate of drug-likeness (QED) is 0.372. The highest BCUT2D eigenvalue weighted by atomic mass is 32.2. The molecule has 0 radical (unpaired) electrons. The van der Waals surface area contributed by atoms with Gasteiger partial charge in [0.2, 0.25) is 10.0 Å². The van der Waals surface area contributed by atoms with E-state index in [-0.39, 0.29) is 11.4 Å². The molecule has 1 heterocycles. The van der Waals surface area contributed by atoms with E-state index in [9.17, 15) is 8.42 Å². The predicted molar refractivity (Wildman–Crippen MR) is 93.4 cm³/mol. The first kappa shape index (κ1) is 18.4. The number of nitrogens with two attached hydrogens (primary N) is 2. The molecule has 0 unspecified atom stereocenters. The summed E-state index contributed by atoms with van der Waals surface area (Å²) in [5.74, 6) is 5.92. The number of hydrazine groups is 1. The molecule has 1 aromatic carbocycles. The van der Waals surface area contributed by atoms with Gasteiger partial charge in [0.25, 0.3) is 0 Å². The van der Waals surface area contributed by atoms with Gasteiger partial charge >= 0.3 is 0 Å². The number of hydrogen-bond donors (Lipinski definition) is 3. The third-order valence-corrected chi connectivity index (χ3v) is 4.68. The van der Waals surface area contributed by atoms with Crippen LogP contribution in [-0.2, 0) is 16.6 Å². The molecule has 8 nitrogen and oxygen atoms in total. The van der Waals surface area contributed by atoms with Crippen LogP contribution in [0.1, 0.15) is 11.1 Å². The molecule has 0 bridgehead atoms. The largest absolute Gasteiger partial charge is 0.397 e. The fourth-order valence-electron chi connectivity index (χ4n) is 2.04. The van der Waals surface area contributed by atoms with Crippen LogP contribution in [0.2, 0.25) is 0 Å². The van der Waals surface area contributed by atoms with Crippen LogP contribution in [0.4, 0.5) is 0 Å². The van der Waals surface area contributed by atoms with Crippen LogP contribution >= 0.6 is 0 Å². The zero-order chi connectivity index (χ0) is 18.3. The second-order valence-electron chi connectivity index (χ2n) is 5.12. The van der Waals surface area contributed by atoms with E-state index >= 15 is 0 Å². The van der Waals surface area contributed by atoms with Crippen molar-refractivity contribution in [2.75, 3.05) is 6.54 Å². The van der Waals surface area contributed by atoms with E-state index in [2.05, 4.69) is 9.71 Å². The van der Waals surface area contributed by atoms with Gasteiger partial charge in [-0.3, -0.25) is 4.98 Å². The lowest BCUT2D eigenvalue weighted by molar-refractivity contribution is 0.387. The molecule has 0 amide bonds. The minimum absolute atomic E-state index is 0.0562. The van der Waals surface area contributed by atoms with Gasteiger partial charge in [-0.2, -0.15) is 9.98 Å². The molecule has 130 valence electrons. The average Bonchev–Trinajstić information content (AvgIpc) is 2.61. The van der Waals surface area contributed by atoms with Gasteiger partial charge in [0, 0.05) is 18.6 Å². The number of nitrogens with one attached hydrogen (secondary N) is 1. The number of rotatable bonds is 7. The second-order valence-corrected chi connectivity index (χ2v) is 6.89. The Morgan fingerprint density at radius 3 is 2.48 bits per heavy atom. The minimum atomic E-state index is -3.70. The summed E-state index contributed by atoms with van der Waals surface area (Å²) in [5.41, 5.74) is 8.01. The maximum absolute atomic E-state index is 11.9. The van der Waals surface area contributed by atoms with Crippen molar-refractivity contribution in [1.82, 2.24) is 14.7 Å². The molecule has 25 heavy (non-hydrogen) atoms. The minimum Gasteiger partial charge on any atom is -0.397 e. The molecule has 5 N–H and O–H groups in total. The van der Waals surface area contributed by atoms with Crippen LogP contribution in [0.3, 0.4) is 0 Å². The zero-order valence-electron chi connectivity index (χ0n) is 13.3. The van der Waals surface area contributed by atoms with E-state index in [0.717, 1.165) is 5.56 Å². The Morgan fingerprint density at radius 2 is 1.88 bits per heavy atom. The van der Waals surface area contributed by atoms with Gasteiger partial charge in [0.15, 0.2) is 0 Å². The Labute approximate surface area is 146 Å². The smallest absolute Gasteiger partial charge is 0.241 e. The Morgan fingerprint density at radius 1 is 1.24 bits per heavy atom. The molecule has 1 aromatic heterocycles. The van der Waals surface area contributed by atoms with E-state index in [4.69, 9.17) is 16.8 Å². The summed E-state index contributed by atoms with van der Waals surface area (Å²) in [6.45, 7) is 0.164. The summed E-state index contributed by atoms with van der Waals surface area (Å²) in [6, 6.07) is 11.4. The molecule has 0 atom stereocenters. The van der Waals surface area contributed by atoms with E-state index in [1.165, 1.54) is 17.1 Å². The number of hydrogen-bond acceptors (Lipinski definition) is 7. The van der Waals surface area contributed by atoms with Crippen molar-refractivity contribution < 1.29 is 8.42 Å². The lowest BCUT2D eigenvalue weighted by Crippen LogP contribution is -2.25. The Hall–Kier alpha value is -2.93. The Balaban J connectivity index is 2.09. The highest BCUT2D eigenvalue weighted by Crippen LogP contribution is 2.15. The molecular weight excluding hydrogens is 340 g/mol. The second kappa shape index (κ2) is 8.25. The average molecular weight is 358 g/mol. The van der Waals surface area contributed by atoms with Crippen molar-refractivity contribution in [3.8, 4) is 6.07 Å². The molecule has 2 rings (SSSR count). The molecule has 0 aliphatic carbocycles. The normalized spacial score (nSPS) is 11.8. The third kappa shape index (κ3) is 5.29. The zero-order valence-corrected chi connectivity index (χ0v) is 14.1. The van der Waals surface area contributed by atoms with Gasteiger partial charge in [0.1, 0.15) is 0 Å². The van der Waals surface area contributed by atoms with Crippen molar-refractivity contribution in [2.24, 2.45) is 11.6 Å². The van der Waals surface area contributed by atoms with Gasteiger partial charge < -0.3 is 10.7 Å². The first-order valence-electron chi connectivity index (χ1n) is 7.27. The SMILES string of the molecule is N#CCNS(=O)(=O)c1ccc(/C(N)=C/N(N)Cc2ccncc2)cc1. The number of sulfonamides is 1. The van der Waals surface area contributed by atoms with Gasteiger partial charge in [-0.1, -0.05) is 12.1 Å². The highest BCUT2D eigenvalue weighted by molar-refractivity contribution is 7.89. The maximum Gasteiger partial charge on any atom is 0.241 e. The Bertz CT molecular complexity index is 873. The molecular formula is C16H18N6O2S. The highest BCUT2D eigenvalue weighted by Gasteiger charge is 2.13. The first-order valence-corrected chi connectivity index (χ1v) is 8.75. The summed E-state index contributed by atoms with van der Waals surface area (Å²) >= 11 is 0. The fraction of sp³-hybridized carbons (Fsp3) is 0.125. The summed E-state index contributed by atoms with van der Waals surface area (Å²) in [6.07, 6.45) is 4.92. The topological polar surface area (TPSA) is 138 Å². The van der Waals surface area contributed by atoms with Crippen molar-refractivity contribution >= 4 is 15.7 Å². The maximum atomic E-state index is 11.9. The predicted octanol–water partition coefficient (Wildman–Crippen LogP) is 0.516. The number of nitrogens with zero attached hydrogens (tertiary/aromatic N) is 3. The third-order valence-electron chi connectivity index (χ3n) is 3.26. The number of nitriles is 1. The molecule has 0 saturated carbocycles. The van der Waals surface area contributed by atoms with E-state index in [1.54, 1.807) is 36.8 Å². The van der Waals surface area contributed by atoms with Crippen molar-refractivity contribution in [2.45, 2.75) is 11.4 Å². The number of benzene rings is 1. The number of aromatic nitrogens is 1. The molecule has 0 fully saturated rings. The standard InChI is InChI=1S/C16H18N6O2S/c17-7-10-21-25(23,24)15-3-1-14(2-4-15)16(18)12-22(19)11-13-5-8-20-9-6-13/h1-6,8-9,12,21H,10-11,18-19H2/b16-12-. The van der Waals surface area contributed by atoms with Crippen LogP contribution in [0.15, 0.2) is 59.9 Å². The van der Waals surface area contributed by atoms with E-state index in [1.807, 2.05) is 12.1 Å². The van der Waals surface area contributed by atoms with Crippen molar-refractivity contribution in [3.63, 3.8) is 0 Å². The Kier molecular flexibility index (Phi) is 6.08. The van der Waals surface area contributed by atoms with Gasteiger partial charge in [-0.15, -0.1) is 0 Å². The summed E-state index contributed by atoms with van der Waals surface area (Å²) in [7, 11) is -3.70. The first-order chi connectivity index (χ1) is 11.9. The van der Waals surface area contributed by atoms with Gasteiger partial charge in [-0.05, 0) is 35.4 Å². The van der Waals surface area contributed by atoms with Crippen molar-refractivity contribution in [1.29, 1.82) is 5.26 Å². The summed E-state index contributed by atoms with van der Waals surface area (Å²) < 4.78 is 26.0. The van der Waals surface area contributed by atoms with Gasteiger partial charge in [0.05, 0.1) is 29.8 Å². The van der Waals surface area contributed by atoms with Crippen LogP contribution in [0, 0.1) is 11.3 Å². The molecule has 0 spiro atoms. The van der Waals surface area contributed by atoms with E-state index in [0.29, 0.717) is 17.8 Å². The molecule has 0 aliphatic rings. The van der Waals surface area contributed by atoms with Gasteiger partial charge in [-0.25, -0.2) is 14.3 Å².